The van der Waals surface area contributed by atoms with Crippen LogP contribution in [0.4, 0.5) is 10.1 Å². The Labute approximate surface area is 113 Å². The maximum atomic E-state index is 13.0. The Hall–Kier alpha value is -1.58. The van der Waals surface area contributed by atoms with Crippen LogP contribution in [0.1, 0.15) is 15.9 Å². The Morgan fingerprint density at radius 2 is 1.56 bits per heavy atom. The Bertz CT molecular complexity index is 575. The van der Waals surface area contributed by atoms with Crippen molar-refractivity contribution in [2.24, 2.45) is 0 Å². The highest BCUT2D eigenvalue weighted by molar-refractivity contribution is 6.33. The van der Waals surface area contributed by atoms with Crippen molar-refractivity contribution in [3.05, 3.63) is 63.4 Å². The summed E-state index contributed by atoms with van der Waals surface area (Å²) in [6.07, 6.45) is 0. The average molecular weight is 284 g/mol. The van der Waals surface area contributed by atoms with Crippen molar-refractivity contribution in [3.8, 4) is 0 Å². The number of hydrogen-bond acceptors (Lipinski definition) is 2. The van der Waals surface area contributed by atoms with Crippen molar-refractivity contribution in [2.45, 2.75) is 0 Å². The summed E-state index contributed by atoms with van der Waals surface area (Å²) >= 11 is 11.5. The van der Waals surface area contributed by atoms with Crippen LogP contribution in [0.5, 0.6) is 0 Å². The second kappa shape index (κ2) is 4.96. The molecule has 0 aliphatic rings. The van der Waals surface area contributed by atoms with E-state index in [0.717, 1.165) is 6.07 Å². The Morgan fingerprint density at radius 3 is 2.11 bits per heavy atom. The first-order valence-electron chi connectivity index (χ1n) is 5.04. The number of rotatable bonds is 2. The first kappa shape index (κ1) is 12.9. The molecular weight excluding hydrogens is 276 g/mol. The number of carbonyl (C=O) groups excluding carboxylic acids is 1. The molecule has 92 valence electrons. The van der Waals surface area contributed by atoms with Gasteiger partial charge in [-0.25, -0.2) is 4.39 Å². The van der Waals surface area contributed by atoms with Gasteiger partial charge in [0.15, 0.2) is 5.78 Å². The van der Waals surface area contributed by atoms with Gasteiger partial charge in [-0.05, 0) is 36.4 Å². The smallest absolute Gasteiger partial charge is 0.193 e. The summed E-state index contributed by atoms with van der Waals surface area (Å²) in [6.45, 7) is 0. The third kappa shape index (κ3) is 2.47. The zero-order valence-corrected chi connectivity index (χ0v) is 10.6. The van der Waals surface area contributed by atoms with Gasteiger partial charge in [-0.1, -0.05) is 23.2 Å². The summed E-state index contributed by atoms with van der Waals surface area (Å²) < 4.78 is 13.0. The van der Waals surface area contributed by atoms with Crippen LogP contribution in [0.25, 0.3) is 0 Å². The number of nitrogen functional groups attached to an aromatic ring is 1. The lowest BCUT2D eigenvalue weighted by Crippen LogP contribution is -2.02. The van der Waals surface area contributed by atoms with Gasteiger partial charge in [0.25, 0.3) is 0 Å². The van der Waals surface area contributed by atoms with Crippen LogP contribution in [0.2, 0.25) is 10.0 Å². The van der Waals surface area contributed by atoms with Gasteiger partial charge in [-0.3, -0.25) is 4.79 Å². The molecule has 2 rings (SSSR count). The molecule has 0 amide bonds. The quantitative estimate of drug-likeness (QED) is 0.670. The van der Waals surface area contributed by atoms with Gasteiger partial charge < -0.3 is 5.73 Å². The third-order valence-electron chi connectivity index (χ3n) is 2.44. The zero-order chi connectivity index (χ0) is 13.3. The molecular formula is C13H8Cl2FNO. The minimum Gasteiger partial charge on any atom is -0.398 e. The zero-order valence-electron chi connectivity index (χ0n) is 9.08. The molecule has 0 heterocycles. The number of anilines is 1. The molecule has 0 fully saturated rings. The number of halogens is 3. The Balaban J connectivity index is 2.41. The van der Waals surface area contributed by atoms with E-state index in [0.29, 0.717) is 21.8 Å². The van der Waals surface area contributed by atoms with E-state index < -0.39 is 5.82 Å². The van der Waals surface area contributed by atoms with Gasteiger partial charge in [0.2, 0.25) is 0 Å². The maximum absolute atomic E-state index is 13.0. The van der Waals surface area contributed by atoms with Gasteiger partial charge in [-0.15, -0.1) is 0 Å². The molecule has 0 saturated carbocycles. The normalized spacial score (nSPS) is 10.4. The third-order valence-corrected chi connectivity index (χ3v) is 3.06. The summed E-state index contributed by atoms with van der Waals surface area (Å²) in [6, 6.07) is 8.36. The topological polar surface area (TPSA) is 43.1 Å². The van der Waals surface area contributed by atoms with Crippen LogP contribution in [0.3, 0.4) is 0 Å². The molecule has 0 aliphatic carbocycles. The van der Waals surface area contributed by atoms with Crippen molar-refractivity contribution >= 4 is 34.7 Å². The lowest BCUT2D eigenvalue weighted by molar-refractivity contribution is 0.103. The molecule has 2 aromatic carbocycles. The summed E-state index contributed by atoms with van der Waals surface area (Å²) in [4.78, 5) is 12.1. The van der Waals surface area contributed by atoms with E-state index in [1.807, 2.05) is 0 Å². The predicted octanol–water partition coefficient (Wildman–Crippen LogP) is 3.95. The molecule has 18 heavy (non-hydrogen) atoms. The summed E-state index contributed by atoms with van der Waals surface area (Å²) in [5, 5.41) is 0.205. The van der Waals surface area contributed by atoms with Crippen molar-refractivity contribution in [1.82, 2.24) is 0 Å². The molecule has 0 bridgehead atoms. The largest absolute Gasteiger partial charge is 0.398 e. The van der Waals surface area contributed by atoms with Gasteiger partial charge >= 0.3 is 0 Å². The van der Waals surface area contributed by atoms with Gasteiger partial charge in [0, 0.05) is 11.1 Å². The fourth-order valence-corrected chi connectivity index (χ4v) is 1.83. The molecule has 0 aliphatic heterocycles. The number of carbonyl (C=O) groups is 1. The van der Waals surface area contributed by atoms with Crippen molar-refractivity contribution in [2.75, 3.05) is 5.73 Å². The second-order valence-corrected chi connectivity index (χ2v) is 4.51. The molecule has 0 radical (unpaired) electrons. The fourth-order valence-electron chi connectivity index (χ4n) is 1.47. The van der Waals surface area contributed by atoms with E-state index in [4.69, 9.17) is 28.9 Å². The summed E-state index contributed by atoms with van der Waals surface area (Å²) in [5.74, 6) is -0.859. The standard InChI is InChI=1S/C13H8Cl2FNO/c14-9-5-7(1-3-11(9)16)13(18)8-2-4-12(17)10(15)6-8/h1-6H,17H2. The molecule has 5 heteroatoms. The second-order valence-electron chi connectivity index (χ2n) is 3.69. The molecule has 0 atom stereocenters. The monoisotopic (exact) mass is 283 g/mol. The Kier molecular flexibility index (Phi) is 3.55. The molecule has 0 unspecified atom stereocenters. The molecule has 2 nitrogen and oxygen atoms in total. The highest BCUT2D eigenvalue weighted by Gasteiger charge is 2.12. The highest BCUT2D eigenvalue weighted by Crippen LogP contribution is 2.23. The van der Waals surface area contributed by atoms with Crippen molar-refractivity contribution in [3.63, 3.8) is 0 Å². The minimum atomic E-state index is -0.566. The van der Waals surface area contributed by atoms with E-state index in [9.17, 15) is 9.18 Å². The first-order chi connectivity index (χ1) is 8.49. The highest BCUT2D eigenvalue weighted by atomic mass is 35.5. The van der Waals surface area contributed by atoms with Crippen LogP contribution in [-0.2, 0) is 0 Å². The van der Waals surface area contributed by atoms with Crippen molar-refractivity contribution in [1.29, 1.82) is 0 Å². The van der Waals surface area contributed by atoms with Crippen LogP contribution in [-0.4, -0.2) is 5.78 Å². The summed E-state index contributed by atoms with van der Waals surface area (Å²) in [7, 11) is 0. The van der Waals surface area contributed by atoms with Crippen LogP contribution in [0, 0.1) is 5.82 Å². The number of ketones is 1. The van der Waals surface area contributed by atoms with Crippen LogP contribution < -0.4 is 5.73 Å². The summed E-state index contributed by atoms with van der Waals surface area (Å²) in [5.41, 5.74) is 6.62. The molecule has 0 saturated heterocycles. The van der Waals surface area contributed by atoms with Crippen molar-refractivity contribution < 1.29 is 9.18 Å². The maximum Gasteiger partial charge on any atom is 0.193 e. The SMILES string of the molecule is Nc1ccc(C(=O)c2ccc(F)c(Cl)c2)cc1Cl. The lowest BCUT2D eigenvalue weighted by atomic mass is 10.0. The van der Waals surface area contributed by atoms with E-state index >= 15 is 0 Å². The number of benzene rings is 2. The predicted molar refractivity (Wildman–Crippen MR) is 70.7 cm³/mol. The molecule has 2 N–H and O–H groups in total. The minimum absolute atomic E-state index is 0.0950. The molecule has 0 spiro atoms. The van der Waals surface area contributed by atoms with E-state index in [-0.39, 0.29) is 10.8 Å². The van der Waals surface area contributed by atoms with Gasteiger partial charge in [-0.2, -0.15) is 0 Å². The van der Waals surface area contributed by atoms with E-state index in [1.165, 1.54) is 18.2 Å². The lowest BCUT2D eigenvalue weighted by Gasteiger charge is -2.04. The first-order valence-corrected chi connectivity index (χ1v) is 5.79. The van der Waals surface area contributed by atoms with Gasteiger partial charge in [0.1, 0.15) is 5.82 Å². The van der Waals surface area contributed by atoms with Gasteiger partial charge in [0.05, 0.1) is 15.7 Å². The Morgan fingerprint density at radius 1 is 1.00 bits per heavy atom. The average Bonchev–Trinajstić information content (AvgIpc) is 2.35. The van der Waals surface area contributed by atoms with E-state index in [1.54, 1.807) is 12.1 Å². The molecule has 0 aromatic heterocycles. The number of nitrogens with two attached hydrogens (primary N) is 1. The fraction of sp³-hybridized carbons (Fsp3) is 0. The number of hydrogen-bond donors (Lipinski definition) is 1. The molecule has 2 aromatic rings. The van der Waals surface area contributed by atoms with Crippen LogP contribution >= 0.6 is 23.2 Å². The van der Waals surface area contributed by atoms with E-state index in [2.05, 4.69) is 0 Å². The van der Waals surface area contributed by atoms with Crippen LogP contribution in [0.15, 0.2) is 36.4 Å².